The molecule has 0 saturated heterocycles. The Hall–Kier alpha value is -3.12. The lowest BCUT2D eigenvalue weighted by atomic mass is 10.1. The summed E-state index contributed by atoms with van der Waals surface area (Å²) in [5.74, 6) is -1.05. The Kier molecular flexibility index (Phi) is 6.11. The number of esters is 1. The second-order valence-electron chi connectivity index (χ2n) is 6.45. The molecular weight excluding hydrogens is 358 g/mol. The Bertz CT molecular complexity index is 992. The van der Waals surface area contributed by atoms with E-state index in [4.69, 9.17) is 13.9 Å². The number of fused-ring (bicyclic) bond motifs is 1. The van der Waals surface area contributed by atoms with E-state index in [-0.39, 0.29) is 12.4 Å². The van der Waals surface area contributed by atoms with Gasteiger partial charge in [0.1, 0.15) is 5.58 Å². The second-order valence-corrected chi connectivity index (χ2v) is 6.45. The molecule has 1 aromatic heterocycles. The summed E-state index contributed by atoms with van der Waals surface area (Å²) in [5, 5.41) is 3.53. The van der Waals surface area contributed by atoms with Crippen molar-refractivity contribution < 1.29 is 23.5 Å². The van der Waals surface area contributed by atoms with Gasteiger partial charge in [0.25, 0.3) is 5.91 Å². The van der Waals surface area contributed by atoms with Crippen molar-refractivity contribution in [2.75, 3.05) is 11.9 Å². The average Bonchev–Trinajstić information content (AvgIpc) is 3.05. The lowest BCUT2D eigenvalue weighted by Gasteiger charge is -2.13. The zero-order valence-corrected chi connectivity index (χ0v) is 16.2. The lowest BCUT2D eigenvalue weighted by Crippen LogP contribution is -2.30. The first kappa shape index (κ1) is 19.6. The maximum Gasteiger partial charge on any atom is 0.375 e. The van der Waals surface area contributed by atoms with Crippen molar-refractivity contribution in [2.45, 2.75) is 33.5 Å². The fraction of sp³-hybridized carbons (Fsp3) is 0.273. The van der Waals surface area contributed by atoms with E-state index < -0.39 is 18.0 Å². The summed E-state index contributed by atoms with van der Waals surface area (Å²) < 4.78 is 16.5. The molecule has 0 aliphatic rings. The number of amides is 1. The quantitative estimate of drug-likeness (QED) is 0.611. The minimum atomic E-state index is -0.985. The molecule has 2 aromatic carbocycles. The van der Waals surface area contributed by atoms with Crippen LogP contribution in [-0.4, -0.2) is 24.6 Å². The molecule has 0 bridgehead atoms. The van der Waals surface area contributed by atoms with E-state index in [1.807, 2.05) is 50.2 Å². The number of para-hydroxylation sites is 1. The summed E-state index contributed by atoms with van der Waals surface area (Å²) in [6, 6.07) is 14.7. The van der Waals surface area contributed by atoms with Crippen molar-refractivity contribution in [3.63, 3.8) is 0 Å². The molecule has 0 spiro atoms. The summed E-state index contributed by atoms with van der Waals surface area (Å²) in [6.45, 7) is 6.05. The molecule has 1 N–H and O–H groups in total. The van der Waals surface area contributed by atoms with Crippen LogP contribution < -0.4 is 5.32 Å². The number of hydrogen-bond donors (Lipinski definition) is 1. The Labute approximate surface area is 163 Å². The van der Waals surface area contributed by atoms with Gasteiger partial charge in [0.15, 0.2) is 6.10 Å². The predicted molar refractivity (Wildman–Crippen MR) is 106 cm³/mol. The molecule has 0 saturated carbocycles. The van der Waals surface area contributed by atoms with E-state index in [1.54, 1.807) is 12.1 Å². The van der Waals surface area contributed by atoms with Gasteiger partial charge in [0.05, 0.1) is 6.61 Å². The van der Waals surface area contributed by atoms with Crippen molar-refractivity contribution in [3.8, 4) is 0 Å². The number of carbonyl (C=O) groups excluding carboxylic acids is 2. The summed E-state index contributed by atoms with van der Waals surface area (Å²) >= 11 is 0. The first-order valence-corrected chi connectivity index (χ1v) is 9.16. The van der Waals surface area contributed by atoms with Crippen molar-refractivity contribution in [2.24, 2.45) is 0 Å². The number of carbonyl (C=O) groups is 2. The van der Waals surface area contributed by atoms with E-state index in [9.17, 15) is 9.59 Å². The van der Waals surface area contributed by atoms with Crippen LogP contribution in [0.4, 0.5) is 5.69 Å². The van der Waals surface area contributed by atoms with Crippen LogP contribution in [0.5, 0.6) is 0 Å². The third-order valence-corrected chi connectivity index (χ3v) is 4.27. The van der Waals surface area contributed by atoms with Gasteiger partial charge in [-0.25, -0.2) is 4.79 Å². The zero-order valence-electron chi connectivity index (χ0n) is 16.2. The molecule has 1 atom stereocenters. The van der Waals surface area contributed by atoms with Gasteiger partial charge in [-0.3, -0.25) is 4.79 Å². The number of nitrogens with one attached hydrogen (secondary N) is 1. The van der Waals surface area contributed by atoms with Gasteiger partial charge in [0.2, 0.25) is 5.76 Å². The molecule has 28 heavy (non-hydrogen) atoms. The maximum absolute atomic E-state index is 12.7. The first-order valence-electron chi connectivity index (χ1n) is 9.16. The molecule has 1 amide bonds. The van der Waals surface area contributed by atoms with Gasteiger partial charge in [-0.15, -0.1) is 0 Å². The number of hydrogen-bond acceptors (Lipinski definition) is 5. The number of furan rings is 1. The van der Waals surface area contributed by atoms with Crippen LogP contribution in [-0.2, 0) is 20.9 Å². The highest BCUT2D eigenvalue weighted by molar-refractivity contribution is 5.99. The summed E-state index contributed by atoms with van der Waals surface area (Å²) in [7, 11) is 0. The Morgan fingerprint density at radius 1 is 1.14 bits per heavy atom. The third-order valence-electron chi connectivity index (χ3n) is 4.27. The van der Waals surface area contributed by atoms with Gasteiger partial charge in [-0.2, -0.15) is 0 Å². The predicted octanol–water partition coefficient (Wildman–Crippen LogP) is 4.46. The SMILES string of the molecule is CCOCc1c(C(=O)O[C@@H](C)C(=O)Nc2cccc(C)c2)oc2ccccc12. The Morgan fingerprint density at radius 2 is 1.93 bits per heavy atom. The molecular formula is C22H23NO5. The van der Waals surface area contributed by atoms with Crippen LogP contribution in [0.15, 0.2) is 52.9 Å². The Morgan fingerprint density at radius 3 is 2.68 bits per heavy atom. The fourth-order valence-corrected chi connectivity index (χ4v) is 2.85. The molecule has 3 rings (SSSR count). The highest BCUT2D eigenvalue weighted by atomic mass is 16.6. The highest BCUT2D eigenvalue weighted by Crippen LogP contribution is 2.27. The molecule has 146 valence electrons. The molecule has 0 fully saturated rings. The number of aryl methyl sites for hydroxylation is 1. The van der Waals surface area contributed by atoms with Crippen molar-refractivity contribution in [3.05, 3.63) is 65.4 Å². The average molecular weight is 381 g/mol. The van der Waals surface area contributed by atoms with Crippen LogP contribution in [0.3, 0.4) is 0 Å². The van der Waals surface area contributed by atoms with E-state index >= 15 is 0 Å². The standard InChI is InChI=1S/C22H23NO5/c1-4-26-13-18-17-10-5-6-11-19(17)28-20(18)22(25)27-15(3)21(24)23-16-9-7-8-14(2)12-16/h5-12,15H,4,13H2,1-3H3,(H,23,24)/t15-/m0/s1. The first-order chi connectivity index (χ1) is 13.5. The summed E-state index contributed by atoms with van der Waals surface area (Å²) in [5.41, 5.74) is 2.86. The van der Waals surface area contributed by atoms with Gasteiger partial charge in [-0.05, 0) is 44.5 Å². The van der Waals surface area contributed by atoms with Gasteiger partial charge in [0, 0.05) is 23.2 Å². The number of anilines is 1. The highest BCUT2D eigenvalue weighted by Gasteiger charge is 2.26. The molecule has 0 aliphatic carbocycles. The second kappa shape index (κ2) is 8.71. The monoisotopic (exact) mass is 381 g/mol. The molecule has 6 nitrogen and oxygen atoms in total. The van der Waals surface area contributed by atoms with Crippen LogP contribution in [0.2, 0.25) is 0 Å². The van der Waals surface area contributed by atoms with E-state index in [1.165, 1.54) is 6.92 Å². The molecule has 1 heterocycles. The lowest BCUT2D eigenvalue weighted by molar-refractivity contribution is -0.123. The van der Waals surface area contributed by atoms with Gasteiger partial charge in [-0.1, -0.05) is 30.3 Å². The molecule has 0 radical (unpaired) electrons. The molecule has 6 heteroatoms. The van der Waals surface area contributed by atoms with Crippen LogP contribution in [0, 0.1) is 6.92 Å². The van der Waals surface area contributed by atoms with E-state index in [2.05, 4.69) is 5.32 Å². The smallest absolute Gasteiger partial charge is 0.375 e. The van der Waals surface area contributed by atoms with Crippen molar-refractivity contribution in [1.82, 2.24) is 0 Å². The van der Waals surface area contributed by atoms with Crippen LogP contribution >= 0.6 is 0 Å². The topological polar surface area (TPSA) is 77.8 Å². The molecule has 3 aromatic rings. The Balaban J connectivity index is 1.75. The maximum atomic E-state index is 12.7. The van der Waals surface area contributed by atoms with Gasteiger partial charge >= 0.3 is 5.97 Å². The zero-order chi connectivity index (χ0) is 20.1. The summed E-state index contributed by atoms with van der Waals surface area (Å²) in [4.78, 5) is 25.0. The number of benzene rings is 2. The van der Waals surface area contributed by atoms with Crippen LogP contribution in [0.25, 0.3) is 11.0 Å². The molecule has 0 unspecified atom stereocenters. The molecule has 0 aliphatic heterocycles. The third kappa shape index (κ3) is 4.40. The number of rotatable bonds is 7. The number of ether oxygens (including phenoxy) is 2. The minimum Gasteiger partial charge on any atom is -0.449 e. The van der Waals surface area contributed by atoms with Crippen molar-refractivity contribution in [1.29, 1.82) is 0 Å². The largest absolute Gasteiger partial charge is 0.449 e. The van der Waals surface area contributed by atoms with Crippen molar-refractivity contribution >= 4 is 28.5 Å². The van der Waals surface area contributed by atoms with Gasteiger partial charge < -0.3 is 19.2 Å². The normalized spacial score (nSPS) is 12.0. The van der Waals surface area contributed by atoms with Crippen LogP contribution in [0.1, 0.15) is 35.5 Å². The fourth-order valence-electron chi connectivity index (χ4n) is 2.85. The van der Waals surface area contributed by atoms with E-state index in [0.717, 1.165) is 10.9 Å². The minimum absolute atomic E-state index is 0.0601. The summed E-state index contributed by atoms with van der Waals surface area (Å²) in [6.07, 6.45) is -0.985. The van der Waals surface area contributed by atoms with E-state index in [0.29, 0.717) is 23.4 Å².